The van der Waals surface area contributed by atoms with Crippen molar-refractivity contribution in [2.45, 2.75) is 32.7 Å². The summed E-state index contributed by atoms with van der Waals surface area (Å²) in [5, 5.41) is 3.46. The van der Waals surface area contributed by atoms with Crippen molar-refractivity contribution in [3.63, 3.8) is 0 Å². The fourth-order valence-electron chi connectivity index (χ4n) is 2.64. The van der Waals surface area contributed by atoms with Gasteiger partial charge in [0, 0.05) is 6.04 Å². The summed E-state index contributed by atoms with van der Waals surface area (Å²) in [6, 6.07) is 17.9. The molecule has 0 bridgehead atoms. The van der Waals surface area contributed by atoms with Crippen LogP contribution in [-0.2, 0) is 12.8 Å². The van der Waals surface area contributed by atoms with Gasteiger partial charge in [0.05, 0.1) is 0 Å². The van der Waals surface area contributed by atoms with Crippen molar-refractivity contribution < 1.29 is 0 Å². The van der Waals surface area contributed by atoms with Gasteiger partial charge in [-0.25, -0.2) is 0 Å². The Balaban J connectivity index is 2.25. The molecule has 0 spiro atoms. The van der Waals surface area contributed by atoms with Crippen LogP contribution in [0.4, 0.5) is 0 Å². The summed E-state index contributed by atoms with van der Waals surface area (Å²) in [5.41, 5.74) is 5.59. The molecule has 0 saturated carbocycles. The Kier molecular flexibility index (Phi) is 4.75. The third-order valence-electron chi connectivity index (χ3n) is 3.68. The zero-order valence-electron chi connectivity index (χ0n) is 12.1. The highest BCUT2D eigenvalue weighted by molar-refractivity contribution is 5.32. The van der Waals surface area contributed by atoms with Crippen LogP contribution in [-0.4, -0.2) is 7.05 Å². The van der Waals surface area contributed by atoms with Crippen LogP contribution in [0, 0.1) is 6.92 Å². The van der Waals surface area contributed by atoms with Crippen molar-refractivity contribution in [3.05, 3.63) is 70.8 Å². The molecule has 100 valence electrons. The number of nitrogens with one attached hydrogen (secondary N) is 1. The highest BCUT2D eigenvalue weighted by Crippen LogP contribution is 2.22. The van der Waals surface area contributed by atoms with Crippen molar-refractivity contribution in [3.8, 4) is 0 Å². The van der Waals surface area contributed by atoms with Gasteiger partial charge in [-0.2, -0.15) is 0 Å². The Bertz CT molecular complexity index is 531. The van der Waals surface area contributed by atoms with Crippen LogP contribution >= 0.6 is 0 Å². The molecule has 1 heteroatoms. The van der Waals surface area contributed by atoms with Crippen LogP contribution in [0.5, 0.6) is 0 Å². The topological polar surface area (TPSA) is 12.0 Å². The van der Waals surface area contributed by atoms with E-state index in [1.807, 2.05) is 7.05 Å². The molecule has 19 heavy (non-hydrogen) atoms. The predicted octanol–water partition coefficient (Wildman–Crippen LogP) is 4.06. The second-order valence-corrected chi connectivity index (χ2v) is 5.09. The van der Waals surface area contributed by atoms with Gasteiger partial charge in [0.25, 0.3) is 0 Å². The van der Waals surface area contributed by atoms with Gasteiger partial charge in [0.15, 0.2) is 0 Å². The van der Waals surface area contributed by atoms with Crippen molar-refractivity contribution >= 4 is 0 Å². The zero-order valence-corrected chi connectivity index (χ0v) is 12.1. The monoisotopic (exact) mass is 253 g/mol. The van der Waals surface area contributed by atoms with E-state index < -0.39 is 0 Å². The molecule has 0 radical (unpaired) electrons. The molecular weight excluding hydrogens is 230 g/mol. The lowest BCUT2D eigenvalue weighted by Gasteiger charge is -2.20. The number of hydrogen-bond acceptors (Lipinski definition) is 1. The smallest absolute Gasteiger partial charge is 0.0361 e. The van der Waals surface area contributed by atoms with Crippen LogP contribution < -0.4 is 5.32 Å². The minimum atomic E-state index is 0.387. The Morgan fingerprint density at radius 3 is 2.53 bits per heavy atom. The molecule has 0 heterocycles. The summed E-state index contributed by atoms with van der Waals surface area (Å²) in [4.78, 5) is 0. The molecule has 0 aliphatic carbocycles. The summed E-state index contributed by atoms with van der Waals surface area (Å²) in [7, 11) is 2.05. The molecular formula is C18H23N. The van der Waals surface area contributed by atoms with Crippen molar-refractivity contribution in [1.82, 2.24) is 5.32 Å². The van der Waals surface area contributed by atoms with Crippen LogP contribution in [0.2, 0.25) is 0 Å². The molecule has 1 atom stereocenters. The van der Waals surface area contributed by atoms with Crippen LogP contribution in [0.1, 0.15) is 35.2 Å². The Hall–Kier alpha value is -1.60. The maximum atomic E-state index is 3.46. The lowest BCUT2D eigenvalue weighted by Crippen LogP contribution is -2.20. The van der Waals surface area contributed by atoms with E-state index in [0.717, 1.165) is 12.8 Å². The minimum absolute atomic E-state index is 0.387. The fourth-order valence-corrected chi connectivity index (χ4v) is 2.64. The van der Waals surface area contributed by atoms with E-state index >= 15 is 0 Å². The van der Waals surface area contributed by atoms with Gasteiger partial charge >= 0.3 is 0 Å². The van der Waals surface area contributed by atoms with Crippen LogP contribution in [0.15, 0.2) is 48.5 Å². The van der Waals surface area contributed by atoms with Crippen molar-refractivity contribution in [2.24, 2.45) is 0 Å². The van der Waals surface area contributed by atoms with E-state index in [0.29, 0.717) is 6.04 Å². The van der Waals surface area contributed by atoms with E-state index in [1.54, 1.807) is 0 Å². The number of aryl methyl sites for hydroxylation is 2. The first-order valence-electron chi connectivity index (χ1n) is 7.05. The Morgan fingerprint density at radius 2 is 1.84 bits per heavy atom. The zero-order chi connectivity index (χ0) is 13.7. The van der Waals surface area contributed by atoms with Crippen molar-refractivity contribution in [2.75, 3.05) is 7.05 Å². The van der Waals surface area contributed by atoms with Gasteiger partial charge in [0.1, 0.15) is 0 Å². The van der Waals surface area contributed by atoms with Gasteiger partial charge in [0.2, 0.25) is 0 Å². The lowest BCUT2D eigenvalue weighted by atomic mass is 9.93. The van der Waals surface area contributed by atoms with E-state index in [-0.39, 0.29) is 0 Å². The fraction of sp³-hybridized carbons (Fsp3) is 0.333. The standard InChI is InChI=1S/C18H23N/c1-4-16-10-5-6-11-17(16)18(19-3)13-15-9-7-8-14(2)12-15/h5-12,18-19H,4,13H2,1-3H3. The van der Waals surface area contributed by atoms with Crippen LogP contribution in [0.3, 0.4) is 0 Å². The average Bonchev–Trinajstić information content (AvgIpc) is 2.45. The first kappa shape index (κ1) is 13.8. The Labute approximate surface area is 116 Å². The first-order chi connectivity index (χ1) is 9.24. The number of hydrogen-bond donors (Lipinski definition) is 1. The highest BCUT2D eigenvalue weighted by atomic mass is 14.9. The molecule has 1 N–H and O–H groups in total. The van der Waals surface area contributed by atoms with Gasteiger partial charge in [-0.05, 0) is 43.5 Å². The average molecular weight is 253 g/mol. The molecule has 0 aliphatic heterocycles. The molecule has 0 aliphatic rings. The largest absolute Gasteiger partial charge is 0.313 e. The minimum Gasteiger partial charge on any atom is -0.313 e. The van der Waals surface area contributed by atoms with Crippen LogP contribution in [0.25, 0.3) is 0 Å². The van der Waals surface area contributed by atoms with Gasteiger partial charge in [-0.1, -0.05) is 61.0 Å². The molecule has 2 rings (SSSR count). The van der Waals surface area contributed by atoms with E-state index in [4.69, 9.17) is 0 Å². The summed E-state index contributed by atoms with van der Waals surface area (Å²) >= 11 is 0. The maximum absolute atomic E-state index is 3.46. The number of likely N-dealkylation sites (N-methyl/N-ethyl adjacent to an activating group) is 1. The molecule has 2 aromatic carbocycles. The summed E-state index contributed by atoms with van der Waals surface area (Å²) in [6.45, 7) is 4.37. The molecule has 1 unspecified atom stereocenters. The second-order valence-electron chi connectivity index (χ2n) is 5.09. The lowest BCUT2D eigenvalue weighted by molar-refractivity contribution is 0.586. The van der Waals surface area contributed by atoms with Gasteiger partial charge < -0.3 is 5.32 Å². The number of rotatable bonds is 5. The normalized spacial score (nSPS) is 12.4. The first-order valence-corrected chi connectivity index (χ1v) is 7.05. The molecule has 1 nitrogen and oxygen atoms in total. The Morgan fingerprint density at radius 1 is 1.05 bits per heavy atom. The molecule has 0 fully saturated rings. The summed E-state index contributed by atoms with van der Waals surface area (Å²) < 4.78 is 0. The SMILES string of the molecule is CCc1ccccc1C(Cc1cccc(C)c1)NC. The highest BCUT2D eigenvalue weighted by Gasteiger charge is 2.13. The number of benzene rings is 2. The summed E-state index contributed by atoms with van der Waals surface area (Å²) in [6.07, 6.45) is 2.12. The molecule has 0 saturated heterocycles. The van der Waals surface area contributed by atoms with Gasteiger partial charge in [-0.15, -0.1) is 0 Å². The summed E-state index contributed by atoms with van der Waals surface area (Å²) in [5.74, 6) is 0. The third-order valence-corrected chi connectivity index (χ3v) is 3.68. The van der Waals surface area contributed by atoms with E-state index in [1.165, 1.54) is 22.3 Å². The van der Waals surface area contributed by atoms with Crippen molar-refractivity contribution in [1.29, 1.82) is 0 Å². The molecule has 0 aromatic heterocycles. The quantitative estimate of drug-likeness (QED) is 0.847. The maximum Gasteiger partial charge on any atom is 0.0361 e. The molecule has 2 aromatic rings. The molecule has 0 amide bonds. The second kappa shape index (κ2) is 6.53. The van der Waals surface area contributed by atoms with E-state index in [9.17, 15) is 0 Å². The third kappa shape index (κ3) is 3.45. The van der Waals surface area contributed by atoms with E-state index in [2.05, 4.69) is 67.7 Å². The predicted molar refractivity (Wildman–Crippen MR) is 82.5 cm³/mol. The van der Waals surface area contributed by atoms with Gasteiger partial charge in [-0.3, -0.25) is 0 Å².